The van der Waals surface area contributed by atoms with Crippen molar-refractivity contribution in [2.45, 2.75) is 37.6 Å². The van der Waals surface area contributed by atoms with Gasteiger partial charge < -0.3 is 15.2 Å². The number of nitrogens with zero attached hydrogens (tertiary/aromatic N) is 2. The Balaban J connectivity index is 1.66. The first-order chi connectivity index (χ1) is 11.4. The predicted octanol–water partition coefficient (Wildman–Crippen LogP) is -0.0972. The molecule has 3 N–H and O–H groups in total. The Kier molecular flexibility index (Phi) is 6.76. The summed E-state index contributed by atoms with van der Waals surface area (Å²) >= 11 is 0. The van der Waals surface area contributed by atoms with Gasteiger partial charge in [-0.3, -0.25) is 4.79 Å². The standard InChI is InChI=1S/C15H27N5O3S/c1-12-19-15(11-20(12)2)24(22,23)18-9-6-14(21)17-8-5-13-4-3-7-16-10-13/h11,13,16,18H,3-10H2,1-2H3,(H,17,21). The van der Waals surface area contributed by atoms with E-state index in [2.05, 4.69) is 20.3 Å². The average molecular weight is 357 g/mol. The minimum Gasteiger partial charge on any atom is -0.356 e. The molecule has 0 aliphatic carbocycles. The molecule has 2 rings (SSSR count). The maximum Gasteiger partial charge on any atom is 0.259 e. The van der Waals surface area contributed by atoms with Crippen LogP contribution in [0.2, 0.25) is 0 Å². The number of aryl methyl sites for hydroxylation is 2. The van der Waals surface area contributed by atoms with Crippen molar-refractivity contribution < 1.29 is 13.2 Å². The Morgan fingerprint density at radius 1 is 1.46 bits per heavy atom. The summed E-state index contributed by atoms with van der Waals surface area (Å²) in [5.41, 5.74) is 0. The first-order valence-electron chi connectivity index (χ1n) is 8.35. The third-order valence-electron chi connectivity index (χ3n) is 4.28. The van der Waals surface area contributed by atoms with Gasteiger partial charge in [-0.2, -0.15) is 0 Å². The van der Waals surface area contributed by atoms with E-state index in [0.717, 1.165) is 19.5 Å². The summed E-state index contributed by atoms with van der Waals surface area (Å²) in [6.45, 7) is 4.53. The molecule has 1 atom stereocenters. The number of nitrogens with one attached hydrogen (secondary N) is 3. The lowest BCUT2D eigenvalue weighted by atomic mass is 9.96. The maximum atomic E-state index is 12.1. The van der Waals surface area contributed by atoms with Gasteiger partial charge in [-0.25, -0.2) is 18.1 Å². The van der Waals surface area contributed by atoms with Crippen LogP contribution in [0.5, 0.6) is 0 Å². The molecule has 1 aromatic rings. The van der Waals surface area contributed by atoms with E-state index in [9.17, 15) is 13.2 Å². The van der Waals surface area contributed by atoms with E-state index in [4.69, 9.17) is 0 Å². The minimum absolute atomic E-state index is 0.0206. The number of aromatic nitrogens is 2. The number of carbonyl (C=O) groups excluding carboxylic acids is 1. The summed E-state index contributed by atoms with van der Waals surface area (Å²) in [7, 11) is -1.93. The molecular weight excluding hydrogens is 330 g/mol. The van der Waals surface area contributed by atoms with Crippen LogP contribution in [0.1, 0.15) is 31.5 Å². The van der Waals surface area contributed by atoms with Crippen molar-refractivity contribution in [3.05, 3.63) is 12.0 Å². The fourth-order valence-electron chi connectivity index (χ4n) is 2.70. The maximum absolute atomic E-state index is 12.1. The molecule has 0 spiro atoms. The monoisotopic (exact) mass is 357 g/mol. The Morgan fingerprint density at radius 2 is 2.25 bits per heavy atom. The Labute approximate surface area is 143 Å². The summed E-state index contributed by atoms with van der Waals surface area (Å²) in [6.07, 6.45) is 4.92. The van der Waals surface area contributed by atoms with Crippen LogP contribution >= 0.6 is 0 Å². The van der Waals surface area contributed by atoms with Gasteiger partial charge in [0.2, 0.25) is 5.91 Å². The molecule has 1 fully saturated rings. The van der Waals surface area contributed by atoms with Gasteiger partial charge in [0.1, 0.15) is 5.82 Å². The second kappa shape index (κ2) is 8.59. The lowest BCUT2D eigenvalue weighted by Crippen LogP contribution is -2.34. The second-order valence-corrected chi connectivity index (χ2v) is 7.95. The SMILES string of the molecule is Cc1nc(S(=O)(=O)NCCC(=O)NCCC2CCCNC2)cn1C. The van der Waals surface area contributed by atoms with Gasteiger partial charge in [-0.15, -0.1) is 0 Å². The van der Waals surface area contributed by atoms with Gasteiger partial charge in [0.25, 0.3) is 10.0 Å². The van der Waals surface area contributed by atoms with Gasteiger partial charge in [-0.1, -0.05) is 0 Å². The number of amides is 1. The van der Waals surface area contributed by atoms with Gasteiger partial charge >= 0.3 is 0 Å². The van der Waals surface area contributed by atoms with E-state index in [-0.39, 0.29) is 23.9 Å². The zero-order valence-electron chi connectivity index (χ0n) is 14.3. The van der Waals surface area contributed by atoms with E-state index < -0.39 is 10.0 Å². The predicted molar refractivity (Wildman–Crippen MR) is 91.0 cm³/mol. The fourth-order valence-corrected chi connectivity index (χ4v) is 3.77. The molecule has 1 unspecified atom stereocenters. The van der Waals surface area contributed by atoms with Crippen LogP contribution in [0.15, 0.2) is 11.2 Å². The van der Waals surface area contributed by atoms with Crippen molar-refractivity contribution in [1.82, 2.24) is 24.9 Å². The molecule has 1 aromatic heterocycles. The van der Waals surface area contributed by atoms with Crippen LogP contribution in [0.3, 0.4) is 0 Å². The molecule has 24 heavy (non-hydrogen) atoms. The van der Waals surface area contributed by atoms with Crippen LogP contribution < -0.4 is 15.4 Å². The molecule has 0 radical (unpaired) electrons. The first-order valence-corrected chi connectivity index (χ1v) is 9.84. The summed E-state index contributed by atoms with van der Waals surface area (Å²) in [5, 5.41) is 6.18. The van der Waals surface area contributed by atoms with Crippen molar-refractivity contribution in [2.75, 3.05) is 26.2 Å². The number of piperidine rings is 1. The number of hydrogen-bond acceptors (Lipinski definition) is 5. The number of sulfonamides is 1. The fraction of sp³-hybridized carbons (Fsp3) is 0.733. The zero-order chi connectivity index (χ0) is 17.6. The lowest BCUT2D eigenvalue weighted by molar-refractivity contribution is -0.120. The molecule has 8 nitrogen and oxygen atoms in total. The van der Waals surface area contributed by atoms with Crippen LogP contribution in [0, 0.1) is 12.8 Å². The van der Waals surface area contributed by atoms with Gasteiger partial charge in [0, 0.05) is 32.8 Å². The normalized spacial score (nSPS) is 18.5. The molecule has 1 saturated heterocycles. The molecule has 1 aliphatic rings. The topological polar surface area (TPSA) is 105 Å². The van der Waals surface area contributed by atoms with E-state index in [0.29, 0.717) is 18.3 Å². The van der Waals surface area contributed by atoms with Crippen LogP contribution in [-0.4, -0.2) is 50.1 Å². The first kappa shape index (κ1) is 18.9. The van der Waals surface area contributed by atoms with Crippen molar-refractivity contribution in [1.29, 1.82) is 0 Å². The third-order valence-corrected chi connectivity index (χ3v) is 5.61. The highest BCUT2D eigenvalue weighted by Crippen LogP contribution is 2.12. The number of imidazole rings is 1. The average Bonchev–Trinajstić information content (AvgIpc) is 2.88. The molecule has 0 aromatic carbocycles. The quantitative estimate of drug-likeness (QED) is 0.603. The van der Waals surface area contributed by atoms with E-state index in [1.807, 2.05) is 0 Å². The highest BCUT2D eigenvalue weighted by Gasteiger charge is 2.18. The van der Waals surface area contributed by atoms with Gasteiger partial charge in [-0.05, 0) is 45.2 Å². The lowest BCUT2D eigenvalue weighted by Gasteiger charge is -2.22. The zero-order valence-corrected chi connectivity index (χ0v) is 15.2. The van der Waals surface area contributed by atoms with Crippen LogP contribution in [0.4, 0.5) is 0 Å². The molecule has 1 amide bonds. The third kappa shape index (κ3) is 5.57. The number of hydrogen-bond donors (Lipinski definition) is 3. The largest absolute Gasteiger partial charge is 0.356 e. The minimum atomic E-state index is -3.67. The van der Waals surface area contributed by atoms with Crippen molar-refractivity contribution in [3.63, 3.8) is 0 Å². The van der Waals surface area contributed by atoms with Crippen LogP contribution in [0.25, 0.3) is 0 Å². The molecule has 0 saturated carbocycles. The van der Waals surface area contributed by atoms with Gasteiger partial charge in [0.05, 0.1) is 0 Å². The highest BCUT2D eigenvalue weighted by atomic mass is 32.2. The summed E-state index contributed by atoms with van der Waals surface area (Å²) in [4.78, 5) is 15.8. The van der Waals surface area contributed by atoms with E-state index in [1.165, 1.54) is 19.0 Å². The molecule has 136 valence electrons. The summed E-state index contributed by atoms with van der Waals surface area (Å²) < 4.78 is 28.2. The molecule has 2 heterocycles. The van der Waals surface area contributed by atoms with E-state index in [1.54, 1.807) is 18.5 Å². The molecule has 1 aliphatic heterocycles. The molecule has 0 bridgehead atoms. The van der Waals surface area contributed by atoms with Gasteiger partial charge in [0.15, 0.2) is 5.03 Å². The Bertz CT molecular complexity index is 631. The Morgan fingerprint density at radius 3 is 2.88 bits per heavy atom. The number of rotatable bonds is 8. The summed E-state index contributed by atoms with van der Waals surface area (Å²) in [6, 6.07) is 0. The van der Waals surface area contributed by atoms with E-state index >= 15 is 0 Å². The number of carbonyl (C=O) groups is 1. The summed E-state index contributed by atoms with van der Waals surface area (Å²) in [5.74, 6) is 1.09. The highest BCUT2D eigenvalue weighted by molar-refractivity contribution is 7.89. The second-order valence-electron chi connectivity index (χ2n) is 6.24. The van der Waals surface area contributed by atoms with Crippen molar-refractivity contribution >= 4 is 15.9 Å². The Hall–Kier alpha value is -1.45. The van der Waals surface area contributed by atoms with Crippen molar-refractivity contribution in [3.8, 4) is 0 Å². The molecule has 9 heteroatoms. The van der Waals surface area contributed by atoms with Crippen molar-refractivity contribution in [2.24, 2.45) is 13.0 Å². The van der Waals surface area contributed by atoms with Crippen LogP contribution in [-0.2, 0) is 21.9 Å². The smallest absolute Gasteiger partial charge is 0.259 e. The molecular formula is C15H27N5O3S.